The maximum Gasteiger partial charge on any atom is 0.433 e. The molecule has 0 aliphatic carbocycles. The third kappa shape index (κ3) is 8.05. The number of β-amino-alcohol motifs (C(OH)–C–C–N with tert-alkyl or cyclic N) is 1. The van der Waals surface area contributed by atoms with Gasteiger partial charge in [-0.05, 0) is 42.7 Å². The van der Waals surface area contributed by atoms with E-state index in [9.17, 15) is 32.7 Å². The summed E-state index contributed by atoms with van der Waals surface area (Å²) in [7, 11) is 0. The van der Waals surface area contributed by atoms with Gasteiger partial charge in [-0.2, -0.15) is 18.3 Å². The quantitative estimate of drug-likeness (QED) is 0.109. The van der Waals surface area contributed by atoms with Crippen molar-refractivity contribution in [3.8, 4) is 22.6 Å². The Kier molecular flexibility index (Phi) is 10.1. The molecule has 14 nitrogen and oxygen atoms in total. The summed E-state index contributed by atoms with van der Waals surface area (Å²) in [5, 5.41) is 26.5. The molecule has 2 atom stereocenters. The summed E-state index contributed by atoms with van der Waals surface area (Å²) in [5.41, 5.74) is 5.09. The minimum absolute atomic E-state index is 0.0246. The van der Waals surface area contributed by atoms with Crippen molar-refractivity contribution in [2.24, 2.45) is 0 Å². The lowest BCUT2D eigenvalue weighted by atomic mass is 10.1. The minimum atomic E-state index is -4.79. The van der Waals surface area contributed by atoms with E-state index in [2.05, 4.69) is 41.3 Å². The van der Waals surface area contributed by atoms with Gasteiger partial charge in [0.25, 0.3) is 11.8 Å². The van der Waals surface area contributed by atoms with Gasteiger partial charge in [-0.3, -0.25) is 24.5 Å². The van der Waals surface area contributed by atoms with Crippen LogP contribution in [0.15, 0.2) is 42.7 Å². The van der Waals surface area contributed by atoms with Crippen LogP contribution >= 0.6 is 11.6 Å². The Morgan fingerprint density at radius 1 is 1.04 bits per heavy atom. The zero-order valence-corrected chi connectivity index (χ0v) is 25.3. The van der Waals surface area contributed by atoms with Crippen LogP contribution in [0.2, 0.25) is 5.02 Å². The van der Waals surface area contributed by atoms with Crippen LogP contribution in [0.1, 0.15) is 45.1 Å². The number of amides is 3. The number of pyridine rings is 1. The van der Waals surface area contributed by atoms with Crippen LogP contribution in [0.5, 0.6) is 0 Å². The van der Waals surface area contributed by atoms with E-state index in [0.717, 1.165) is 6.20 Å². The Morgan fingerprint density at radius 2 is 1.83 bits per heavy atom. The number of hydrogen-bond donors (Lipinski definition) is 8. The van der Waals surface area contributed by atoms with Crippen LogP contribution < -0.4 is 27.0 Å². The number of aliphatic hydroxyl groups is 1. The lowest BCUT2D eigenvalue weighted by Crippen LogP contribution is -2.41. The highest BCUT2D eigenvalue weighted by molar-refractivity contribution is 6.33. The normalized spacial score (nSPS) is 16.2. The zero-order valence-electron chi connectivity index (χ0n) is 24.5. The third-order valence-corrected chi connectivity index (χ3v) is 7.55. The number of nitrogens with two attached hydrogens (primary N) is 1. The second-order valence-electron chi connectivity index (χ2n) is 10.7. The van der Waals surface area contributed by atoms with Crippen molar-refractivity contribution in [2.45, 2.75) is 37.7 Å². The predicted molar refractivity (Wildman–Crippen MR) is 164 cm³/mol. The fourth-order valence-electron chi connectivity index (χ4n) is 4.86. The number of halogens is 4. The highest BCUT2D eigenvalue weighted by atomic mass is 35.5. The summed E-state index contributed by atoms with van der Waals surface area (Å²) in [5.74, 6) is -1.58. The lowest BCUT2D eigenvalue weighted by Gasteiger charge is -2.12. The second-order valence-corrected chi connectivity index (χ2v) is 11.1. The van der Waals surface area contributed by atoms with Crippen molar-refractivity contribution in [3.05, 3.63) is 70.4 Å². The zero-order chi connectivity index (χ0) is 33.7. The van der Waals surface area contributed by atoms with E-state index in [4.69, 9.17) is 17.3 Å². The van der Waals surface area contributed by atoms with Crippen molar-refractivity contribution in [1.82, 2.24) is 46.4 Å². The molecule has 1 saturated heterocycles. The van der Waals surface area contributed by atoms with Crippen LogP contribution in [0.25, 0.3) is 22.6 Å². The highest BCUT2D eigenvalue weighted by Gasteiger charge is 2.39. The molecule has 9 N–H and O–H groups in total. The van der Waals surface area contributed by atoms with Crippen molar-refractivity contribution in [1.29, 1.82) is 0 Å². The molecule has 18 heteroatoms. The first-order chi connectivity index (χ1) is 22.4. The van der Waals surface area contributed by atoms with Crippen molar-refractivity contribution in [2.75, 3.05) is 25.4 Å². The molecule has 3 amide bonds. The van der Waals surface area contributed by atoms with Gasteiger partial charge < -0.3 is 37.1 Å². The van der Waals surface area contributed by atoms with E-state index < -0.39 is 35.8 Å². The average molecular weight is 675 g/mol. The predicted octanol–water partition coefficient (Wildman–Crippen LogP) is 2.01. The number of carbonyl (C=O) groups excluding carboxylic acids is 3. The molecule has 0 bridgehead atoms. The Labute approximate surface area is 270 Å². The van der Waals surface area contributed by atoms with E-state index in [1.165, 1.54) is 30.5 Å². The first kappa shape index (κ1) is 33.4. The number of rotatable bonds is 11. The van der Waals surface area contributed by atoms with Crippen LogP contribution in [-0.2, 0) is 17.5 Å². The number of nitrogen functional groups attached to an aromatic ring is 1. The van der Waals surface area contributed by atoms with E-state index in [1.807, 2.05) is 5.10 Å². The van der Waals surface area contributed by atoms with Crippen LogP contribution in [0, 0.1) is 0 Å². The summed E-state index contributed by atoms with van der Waals surface area (Å²) < 4.78 is 41.4. The molecular weight excluding hydrogens is 645 g/mol. The number of nitrogens with one attached hydrogen (secondary N) is 6. The van der Waals surface area contributed by atoms with Gasteiger partial charge in [-0.15, -0.1) is 0 Å². The monoisotopic (exact) mass is 674 g/mol. The molecule has 3 aromatic heterocycles. The molecule has 248 valence electrons. The maximum absolute atomic E-state index is 13.8. The summed E-state index contributed by atoms with van der Waals surface area (Å²) in [6.45, 7) is 0.964. The van der Waals surface area contributed by atoms with E-state index >= 15 is 0 Å². The molecule has 4 aromatic rings. The first-order valence-corrected chi connectivity index (χ1v) is 14.7. The topological polar surface area (TPSA) is 216 Å². The fraction of sp³-hybridized carbons (Fsp3) is 0.310. The molecular formula is C29H30ClF3N10O4. The second kappa shape index (κ2) is 14.2. The van der Waals surface area contributed by atoms with Crippen molar-refractivity contribution >= 4 is 35.0 Å². The third-order valence-electron chi connectivity index (χ3n) is 7.23. The lowest BCUT2D eigenvalue weighted by molar-refractivity contribution is -0.140. The minimum Gasteiger partial charge on any atom is -0.397 e. The molecule has 1 fully saturated rings. The van der Waals surface area contributed by atoms with Crippen LogP contribution in [-0.4, -0.2) is 79.8 Å². The highest BCUT2D eigenvalue weighted by Crippen LogP contribution is 2.40. The molecule has 0 unspecified atom stereocenters. The molecule has 1 aromatic carbocycles. The largest absolute Gasteiger partial charge is 0.433 e. The molecule has 1 aliphatic rings. The standard InChI is InChI=1S/C29H30ClF3N10O4/c30-18-8-14(2-4-17(18)26(45)35-6-1-7-36-27(46)20-9-16(44)12-38-20)10-40-28(47)25-39-13-21(41-25)22-23(19-5-3-15(34)11-37-19)42-43-24(22)29(31,32)33/h2-5,8,11,13,16,20,38,44H,1,6-7,9-10,12,34H2,(H,35,45)(H,36,46)(H,39,41)(H,40,47)(H,42,43)/t16-,20+/m1/s1. The van der Waals surface area contributed by atoms with Crippen LogP contribution in [0.4, 0.5) is 18.9 Å². The fourth-order valence-corrected chi connectivity index (χ4v) is 5.15. The molecule has 4 heterocycles. The smallest absolute Gasteiger partial charge is 0.397 e. The number of aliphatic hydroxyl groups excluding tert-OH is 1. The number of benzene rings is 1. The number of carbonyl (C=O) groups is 3. The van der Waals surface area contributed by atoms with Gasteiger partial charge >= 0.3 is 6.18 Å². The number of aromatic nitrogens is 5. The van der Waals surface area contributed by atoms with Gasteiger partial charge in [0.2, 0.25) is 5.91 Å². The maximum atomic E-state index is 13.8. The van der Waals surface area contributed by atoms with Gasteiger partial charge in [0.1, 0.15) is 11.4 Å². The van der Waals surface area contributed by atoms with Crippen molar-refractivity contribution < 1.29 is 32.7 Å². The summed E-state index contributed by atoms with van der Waals surface area (Å²) in [4.78, 5) is 48.1. The van der Waals surface area contributed by atoms with Crippen molar-refractivity contribution in [3.63, 3.8) is 0 Å². The Morgan fingerprint density at radius 3 is 2.51 bits per heavy atom. The molecule has 47 heavy (non-hydrogen) atoms. The van der Waals surface area contributed by atoms with Gasteiger partial charge in [0.15, 0.2) is 5.82 Å². The summed E-state index contributed by atoms with van der Waals surface area (Å²) in [6, 6.07) is 7.04. The Bertz CT molecular complexity index is 1760. The SMILES string of the molecule is Nc1ccc(-c2n[nH]c(C(F)(F)F)c2-c2cnc(C(=O)NCc3ccc(C(=O)NCCCNC(=O)[C@@H]4C[C@@H](O)CN4)c(Cl)c3)[nH]2)nc1. The number of anilines is 1. The van der Waals surface area contributed by atoms with Gasteiger partial charge in [-0.25, -0.2) is 4.98 Å². The Hall–Kier alpha value is -5.00. The molecule has 0 spiro atoms. The van der Waals surface area contributed by atoms with E-state index in [-0.39, 0.29) is 58.1 Å². The van der Waals surface area contributed by atoms with Gasteiger partial charge in [-0.1, -0.05) is 17.7 Å². The number of nitrogens with zero attached hydrogens (tertiary/aromatic N) is 3. The van der Waals surface area contributed by atoms with E-state index in [0.29, 0.717) is 37.2 Å². The average Bonchev–Trinajstić information content (AvgIpc) is 3.79. The number of imidazole rings is 1. The number of alkyl halides is 3. The summed E-state index contributed by atoms with van der Waals surface area (Å²) in [6.07, 6.45) is -2.13. The Balaban J connectivity index is 1.15. The summed E-state index contributed by atoms with van der Waals surface area (Å²) >= 11 is 6.32. The number of hydrogen-bond acceptors (Lipinski definition) is 9. The van der Waals surface area contributed by atoms with E-state index in [1.54, 1.807) is 6.07 Å². The van der Waals surface area contributed by atoms with Gasteiger partial charge in [0, 0.05) is 26.2 Å². The number of H-pyrrole nitrogens is 2. The van der Waals surface area contributed by atoms with Crippen LogP contribution in [0.3, 0.4) is 0 Å². The van der Waals surface area contributed by atoms with Gasteiger partial charge in [0.05, 0.1) is 57.8 Å². The molecule has 0 saturated carbocycles. The molecule has 5 rings (SSSR count). The molecule has 0 radical (unpaired) electrons. The first-order valence-electron chi connectivity index (χ1n) is 14.4. The molecule has 1 aliphatic heterocycles. The number of aromatic amines is 2.